The van der Waals surface area contributed by atoms with E-state index < -0.39 is 12.0 Å². The average molecular weight is 181 g/mol. The van der Waals surface area contributed by atoms with Crippen molar-refractivity contribution in [1.82, 2.24) is 4.98 Å². The summed E-state index contributed by atoms with van der Waals surface area (Å²) in [4.78, 5) is 14.1. The summed E-state index contributed by atoms with van der Waals surface area (Å²) in [5.41, 5.74) is 11.6. The van der Waals surface area contributed by atoms with Gasteiger partial charge in [0.05, 0.1) is 6.42 Å². The van der Waals surface area contributed by atoms with Gasteiger partial charge in [0.2, 0.25) is 0 Å². The molecule has 70 valence electrons. The van der Waals surface area contributed by atoms with Crippen LogP contribution in [0.1, 0.15) is 18.0 Å². The van der Waals surface area contributed by atoms with E-state index in [0.29, 0.717) is 11.4 Å². The molecule has 0 radical (unpaired) electrons. The number of nitrogens with two attached hydrogens (primary N) is 2. The molecule has 0 bridgehead atoms. The first-order valence-electron chi connectivity index (χ1n) is 3.78. The van der Waals surface area contributed by atoms with Gasteiger partial charge >= 0.3 is 5.97 Å². The van der Waals surface area contributed by atoms with E-state index in [2.05, 4.69) is 4.98 Å². The SMILES string of the molecule is Nc1ccc([C@@H](N)CC(=O)O)cn1. The predicted molar refractivity (Wildman–Crippen MR) is 47.8 cm³/mol. The second-order valence-corrected chi connectivity index (χ2v) is 2.72. The number of hydrogen-bond acceptors (Lipinski definition) is 4. The lowest BCUT2D eigenvalue weighted by Gasteiger charge is -2.08. The molecular weight excluding hydrogens is 170 g/mol. The van der Waals surface area contributed by atoms with Crippen molar-refractivity contribution in [3.63, 3.8) is 0 Å². The molecule has 1 rings (SSSR count). The Morgan fingerprint density at radius 3 is 2.77 bits per heavy atom. The highest BCUT2D eigenvalue weighted by Gasteiger charge is 2.10. The molecule has 0 aliphatic rings. The smallest absolute Gasteiger partial charge is 0.305 e. The zero-order chi connectivity index (χ0) is 9.84. The topological polar surface area (TPSA) is 102 Å². The average Bonchev–Trinajstić information content (AvgIpc) is 2.04. The van der Waals surface area contributed by atoms with E-state index in [0.717, 1.165) is 0 Å². The summed E-state index contributed by atoms with van der Waals surface area (Å²) in [6.07, 6.45) is 1.38. The third kappa shape index (κ3) is 2.72. The van der Waals surface area contributed by atoms with Crippen LogP contribution in [0.3, 0.4) is 0 Å². The zero-order valence-electron chi connectivity index (χ0n) is 6.97. The lowest BCUT2D eigenvalue weighted by molar-refractivity contribution is -0.137. The van der Waals surface area contributed by atoms with E-state index in [1.165, 1.54) is 6.20 Å². The maximum atomic E-state index is 10.3. The van der Waals surface area contributed by atoms with E-state index in [9.17, 15) is 4.79 Å². The minimum absolute atomic E-state index is 0.106. The van der Waals surface area contributed by atoms with Gasteiger partial charge in [0.25, 0.3) is 0 Å². The summed E-state index contributed by atoms with van der Waals surface area (Å²) >= 11 is 0. The molecule has 1 aromatic rings. The van der Waals surface area contributed by atoms with Crippen LogP contribution in [0.5, 0.6) is 0 Å². The normalized spacial score (nSPS) is 12.4. The number of pyridine rings is 1. The maximum Gasteiger partial charge on any atom is 0.305 e. The molecule has 0 aliphatic heterocycles. The largest absolute Gasteiger partial charge is 0.481 e. The standard InChI is InChI=1S/C8H11N3O2/c9-6(3-8(12)13)5-1-2-7(10)11-4-5/h1-2,4,6H,3,9H2,(H2,10,11)(H,12,13)/t6-/m0/s1. The highest BCUT2D eigenvalue weighted by atomic mass is 16.4. The molecule has 0 aliphatic carbocycles. The minimum Gasteiger partial charge on any atom is -0.481 e. The Bertz CT molecular complexity index is 297. The van der Waals surface area contributed by atoms with E-state index in [4.69, 9.17) is 16.6 Å². The second-order valence-electron chi connectivity index (χ2n) is 2.72. The fourth-order valence-electron chi connectivity index (χ4n) is 0.942. The zero-order valence-corrected chi connectivity index (χ0v) is 6.97. The van der Waals surface area contributed by atoms with Crippen molar-refractivity contribution in [2.24, 2.45) is 5.73 Å². The van der Waals surface area contributed by atoms with Crippen LogP contribution in [0.2, 0.25) is 0 Å². The van der Waals surface area contributed by atoms with Crippen molar-refractivity contribution in [2.75, 3.05) is 5.73 Å². The number of aromatic nitrogens is 1. The summed E-state index contributed by atoms with van der Waals surface area (Å²) in [5, 5.41) is 8.47. The van der Waals surface area contributed by atoms with Crippen molar-refractivity contribution in [2.45, 2.75) is 12.5 Å². The second kappa shape index (κ2) is 3.86. The van der Waals surface area contributed by atoms with Crippen molar-refractivity contribution >= 4 is 11.8 Å². The van der Waals surface area contributed by atoms with Gasteiger partial charge in [0, 0.05) is 12.2 Å². The number of carbonyl (C=O) groups is 1. The summed E-state index contributed by atoms with van der Waals surface area (Å²) in [6.45, 7) is 0. The monoisotopic (exact) mass is 181 g/mol. The molecule has 5 N–H and O–H groups in total. The third-order valence-corrected chi connectivity index (χ3v) is 1.63. The van der Waals surface area contributed by atoms with Gasteiger partial charge in [-0.1, -0.05) is 6.07 Å². The molecule has 0 fully saturated rings. The van der Waals surface area contributed by atoms with Crippen LogP contribution in [0, 0.1) is 0 Å². The summed E-state index contributed by atoms with van der Waals surface area (Å²) in [7, 11) is 0. The van der Waals surface area contributed by atoms with Gasteiger partial charge in [0.1, 0.15) is 5.82 Å². The first-order chi connectivity index (χ1) is 6.09. The van der Waals surface area contributed by atoms with E-state index >= 15 is 0 Å². The summed E-state index contributed by atoms with van der Waals surface area (Å²) < 4.78 is 0. The fourth-order valence-corrected chi connectivity index (χ4v) is 0.942. The molecule has 0 saturated carbocycles. The number of aliphatic carboxylic acids is 1. The Kier molecular flexibility index (Phi) is 2.81. The quantitative estimate of drug-likeness (QED) is 0.615. The molecule has 1 atom stereocenters. The number of carboxylic acid groups (broad SMARTS) is 1. The lowest BCUT2D eigenvalue weighted by Crippen LogP contribution is -2.15. The van der Waals surface area contributed by atoms with Gasteiger partial charge in [-0.25, -0.2) is 4.98 Å². The van der Waals surface area contributed by atoms with Gasteiger partial charge < -0.3 is 16.6 Å². The van der Waals surface area contributed by atoms with Gasteiger partial charge in [-0.15, -0.1) is 0 Å². The van der Waals surface area contributed by atoms with Crippen molar-refractivity contribution in [3.05, 3.63) is 23.9 Å². The van der Waals surface area contributed by atoms with Gasteiger partial charge in [-0.05, 0) is 11.6 Å². The van der Waals surface area contributed by atoms with Crippen molar-refractivity contribution in [3.8, 4) is 0 Å². The van der Waals surface area contributed by atoms with Crippen LogP contribution in [-0.2, 0) is 4.79 Å². The fraction of sp³-hybridized carbons (Fsp3) is 0.250. The van der Waals surface area contributed by atoms with E-state index in [1.54, 1.807) is 12.1 Å². The molecule has 1 aromatic heterocycles. The number of nitrogen functional groups attached to an aromatic ring is 1. The van der Waals surface area contributed by atoms with Crippen LogP contribution in [-0.4, -0.2) is 16.1 Å². The van der Waals surface area contributed by atoms with Crippen LogP contribution in [0.4, 0.5) is 5.82 Å². The van der Waals surface area contributed by atoms with Gasteiger partial charge in [-0.3, -0.25) is 4.79 Å². The first kappa shape index (κ1) is 9.47. The Hall–Kier alpha value is -1.62. The molecule has 0 saturated heterocycles. The van der Waals surface area contributed by atoms with Crippen LogP contribution >= 0.6 is 0 Å². The summed E-state index contributed by atoms with van der Waals surface area (Å²) in [5.74, 6) is -0.532. The number of anilines is 1. The molecule has 0 aromatic carbocycles. The molecule has 0 spiro atoms. The Morgan fingerprint density at radius 1 is 1.62 bits per heavy atom. The highest BCUT2D eigenvalue weighted by Crippen LogP contribution is 2.13. The molecular formula is C8H11N3O2. The Balaban J connectivity index is 2.71. The van der Waals surface area contributed by atoms with Gasteiger partial charge in [-0.2, -0.15) is 0 Å². The number of hydrogen-bond donors (Lipinski definition) is 3. The number of carboxylic acids is 1. The van der Waals surface area contributed by atoms with Gasteiger partial charge in [0.15, 0.2) is 0 Å². The lowest BCUT2D eigenvalue weighted by atomic mass is 10.1. The summed E-state index contributed by atoms with van der Waals surface area (Å²) in [6, 6.07) is 2.75. The predicted octanol–water partition coefficient (Wildman–Crippen LogP) is 0.138. The molecule has 1 heterocycles. The van der Waals surface area contributed by atoms with E-state index in [-0.39, 0.29) is 6.42 Å². The maximum absolute atomic E-state index is 10.3. The highest BCUT2D eigenvalue weighted by molar-refractivity contribution is 5.67. The Labute approximate surface area is 75.4 Å². The first-order valence-corrected chi connectivity index (χ1v) is 3.78. The molecule has 0 unspecified atom stereocenters. The molecule has 13 heavy (non-hydrogen) atoms. The van der Waals surface area contributed by atoms with E-state index in [1.807, 2.05) is 0 Å². The van der Waals surface area contributed by atoms with Crippen LogP contribution in [0.15, 0.2) is 18.3 Å². The van der Waals surface area contributed by atoms with Crippen LogP contribution in [0.25, 0.3) is 0 Å². The van der Waals surface area contributed by atoms with Crippen molar-refractivity contribution in [1.29, 1.82) is 0 Å². The molecule has 5 nitrogen and oxygen atoms in total. The molecule has 0 amide bonds. The third-order valence-electron chi connectivity index (χ3n) is 1.63. The Morgan fingerprint density at radius 2 is 2.31 bits per heavy atom. The minimum atomic E-state index is -0.927. The van der Waals surface area contributed by atoms with Crippen LogP contribution < -0.4 is 11.5 Å². The number of rotatable bonds is 3. The molecule has 5 heteroatoms. The van der Waals surface area contributed by atoms with Crippen molar-refractivity contribution < 1.29 is 9.90 Å². The number of nitrogens with zero attached hydrogens (tertiary/aromatic N) is 1.